The van der Waals surface area contributed by atoms with Crippen LogP contribution in [0.1, 0.15) is 13.8 Å². The molecular formula is C12H28N2O3. The number of likely N-dealkylation sites (N-methyl/N-ethyl adjacent to an activating group) is 1. The first-order chi connectivity index (χ1) is 8.19. The van der Waals surface area contributed by atoms with Gasteiger partial charge in [-0.05, 0) is 13.5 Å². The Balaban J connectivity index is 4.23. The van der Waals surface area contributed by atoms with Gasteiger partial charge in [0.05, 0.1) is 19.8 Å². The molecule has 0 bridgehead atoms. The minimum absolute atomic E-state index is 0.108. The molecule has 0 aromatic rings. The van der Waals surface area contributed by atoms with Crippen molar-refractivity contribution in [1.29, 1.82) is 0 Å². The molecule has 5 nitrogen and oxygen atoms in total. The summed E-state index contributed by atoms with van der Waals surface area (Å²) in [6.07, 6.45) is 0. The van der Waals surface area contributed by atoms with E-state index in [0.29, 0.717) is 19.3 Å². The van der Waals surface area contributed by atoms with Crippen LogP contribution in [0.5, 0.6) is 0 Å². The maximum atomic E-state index is 9.29. The molecule has 17 heavy (non-hydrogen) atoms. The van der Waals surface area contributed by atoms with Crippen molar-refractivity contribution in [2.45, 2.75) is 25.9 Å². The number of methoxy groups -OCH3 is 2. The van der Waals surface area contributed by atoms with Gasteiger partial charge in [-0.2, -0.15) is 0 Å². The van der Waals surface area contributed by atoms with Crippen LogP contribution in [0.25, 0.3) is 0 Å². The smallest absolute Gasteiger partial charge is 0.0615 e. The van der Waals surface area contributed by atoms with E-state index in [1.54, 1.807) is 14.2 Å². The Hall–Kier alpha value is -0.200. The number of nitrogens with zero attached hydrogens (tertiary/aromatic N) is 1. The molecule has 0 heterocycles. The molecule has 2 atom stereocenters. The van der Waals surface area contributed by atoms with E-state index >= 15 is 0 Å². The monoisotopic (exact) mass is 248 g/mol. The minimum Gasteiger partial charge on any atom is -0.395 e. The molecule has 0 saturated heterocycles. The molecule has 0 aromatic heterocycles. The second-order valence-corrected chi connectivity index (χ2v) is 4.23. The number of ether oxygens (including phenoxy) is 2. The van der Waals surface area contributed by atoms with Gasteiger partial charge in [0.25, 0.3) is 0 Å². The van der Waals surface area contributed by atoms with E-state index in [-0.39, 0.29) is 12.6 Å². The molecule has 0 saturated carbocycles. The number of nitrogens with one attached hydrogen (secondary N) is 1. The zero-order chi connectivity index (χ0) is 13.1. The SMILES string of the molecule is CCNC(CO)CN(CCOC)C(C)COC. The van der Waals surface area contributed by atoms with Crippen LogP contribution in [-0.4, -0.2) is 75.8 Å². The summed E-state index contributed by atoms with van der Waals surface area (Å²) in [6.45, 7) is 8.22. The topological polar surface area (TPSA) is 54.0 Å². The molecule has 0 aromatic carbocycles. The van der Waals surface area contributed by atoms with E-state index in [1.165, 1.54) is 0 Å². The Labute approximate surface area is 105 Å². The Bertz CT molecular complexity index is 170. The molecule has 0 aliphatic heterocycles. The van der Waals surface area contributed by atoms with Crippen LogP contribution >= 0.6 is 0 Å². The number of rotatable bonds is 11. The van der Waals surface area contributed by atoms with E-state index in [4.69, 9.17) is 9.47 Å². The van der Waals surface area contributed by atoms with Crippen molar-refractivity contribution >= 4 is 0 Å². The summed E-state index contributed by atoms with van der Waals surface area (Å²) in [5.74, 6) is 0. The van der Waals surface area contributed by atoms with Gasteiger partial charge in [0.2, 0.25) is 0 Å². The summed E-state index contributed by atoms with van der Waals surface area (Å²) in [7, 11) is 3.41. The second kappa shape index (κ2) is 10.9. The summed E-state index contributed by atoms with van der Waals surface area (Å²) in [5.41, 5.74) is 0. The van der Waals surface area contributed by atoms with Gasteiger partial charge in [-0.25, -0.2) is 0 Å². The lowest BCUT2D eigenvalue weighted by Crippen LogP contribution is -2.48. The van der Waals surface area contributed by atoms with E-state index in [2.05, 4.69) is 17.1 Å². The van der Waals surface area contributed by atoms with Gasteiger partial charge in [-0.3, -0.25) is 4.90 Å². The minimum atomic E-state index is 0.108. The predicted octanol–water partition coefficient (Wildman–Crippen LogP) is -0.0599. The first-order valence-electron chi connectivity index (χ1n) is 6.25. The van der Waals surface area contributed by atoms with Gasteiger partial charge in [0.15, 0.2) is 0 Å². The summed E-state index contributed by atoms with van der Waals surface area (Å²) in [5, 5.41) is 12.6. The third kappa shape index (κ3) is 7.68. The van der Waals surface area contributed by atoms with Crippen molar-refractivity contribution in [2.75, 3.05) is 53.7 Å². The van der Waals surface area contributed by atoms with Crippen LogP contribution in [0.3, 0.4) is 0 Å². The standard InChI is InChI=1S/C12H28N2O3/c1-5-13-12(9-15)8-14(6-7-16-3)11(2)10-17-4/h11-13,15H,5-10H2,1-4H3. The highest BCUT2D eigenvalue weighted by Gasteiger charge is 2.17. The third-order valence-electron chi connectivity index (χ3n) is 2.78. The highest BCUT2D eigenvalue weighted by Crippen LogP contribution is 2.01. The zero-order valence-electron chi connectivity index (χ0n) is 11.6. The fraction of sp³-hybridized carbons (Fsp3) is 1.00. The van der Waals surface area contributed by atoms with E-state index in [9.17, 15) is 5.11 Å². The van der Waals surface area contributed by atoms with Gasteiger partial charge in [-0.15, -0.1) is 0 Å². The normalized spacial score (nSPS) is 15.2. The summed E-state index contributed by atoms with van der Waals surface area (Å²) >= 11 is 0. The molecular weight excluding hydrogens is 220 g/mol. The third-order valence-corrected chi connectivity index (χ3v) is 2.78. The zero-order valence-corrected chi connectivity index (χ0v) is 11.6. The van der Waals surface area contributed by atoms with Crippen molar-refractivity contribution in [3.8, 4) is 0 Å². The van der Waals surface area contributed by atoms with Crippen molar-refractivity contribution in [2.24, 2.45) is 0 Å². The van der Waals surface area contributed by atoms with E-state index in [0.717, 1.165) is 19.6 Å². The lowest BCUT2D eigenvalue weighted by molar-refractivity contribution is 0.0627. The quantitative estimate of drug-likeness (QED) is 0.536. The average Bonchev–Trinajstić information content (AvgIpc) is 2.33. The Morgan fingerprint density at radius 3 is 2.47 bits per heavy atom. The van der Waals surface area contributed by atoms with Gasteiger partial charge in [0.1, 0.15) is 0 Å². The average molecular weight is 248 g/mol. The highest BCUT2D eigenvalue weighted by atomic mass is 16.5. The molecule has 2 unspecified atom stereocenters. The van der Waals surface area contributed by atoms with E-state index < -0.39 is 0 Å². The summed E-state index contributed by atoms with van der Waals surface area (Å²) in [6, 6.07) is 0.430. The van der Waals surface area contributed by atoms with Gasteiger partial charge >= 0.3 is 0 Å². The van der Waals surface area contributed by atoms with Crippen molar-refractivity contribution in [3.63, 3.8) is 0 Å². The molecule has 0 aliphatic rings. The summed E-state index contributed by atoms with van der Waals surface area (Å²) in [4.78, 5) is 2.27. The molecule has 2 N–H and O–H groups in total. The maximum Gasteiger partial charge on any atom is 0.0615 e. The molecule has 0 fully saturated rings. The first kappa shape index (κ1) is 16.8. The Morgan fingerprint density at radius 1 is 1.29 bits per heavy atom. The van der Waals surface area contributed by atoms with Gasteiger partial charge in [0, 0.05) is 39.4 Å². The molecule has 0 amide bonds. The first-order valence-corrected chi connectivity index (χ1v) is 6.25. The lowest BCUT2D eigenvalue weighted by atomic mass is 10.2. The van der Waals surface area contributed by atoms with Crippen molar-refractivity contribution < 1.29 is 14.6 Å². The van der Waals surface area contributed by atoms with Crippen LogP contribution in [0, 0.1) is 0 Å². The lowest BCUT2D eigenvalue weighted by Gasteiger charge is -2.31. The molecule has 5 heteroatoms. The number of aliphatic hydroxyl groups is 1. The molecule has 0 radical (unpaired) electrons. The predicted molar refractivity (Wildman–Crippen MR) is 69.3 cm³/mol. The fourth-order valence-corrected chi connectivity index (χ4v) is 1.81. The van der Waals surface area contributed by atoms with Gasteiger partial charge in [-0.1, -0.05) is 6.92 Å². The largest absolute Gasteiger partial charge is 0.395 e. The van der Waals surface area contributed by atoms with Crippen LogP contribution in [0.15, 0.2) is 0 Å². The van der Waals surface area contributed by atoms with Crippen LogP contribution in [-0.2, 0) is 9.47 Å². The number of aliphatic hydroxyl groups excluding tert-OH is 1. The molecule has 0 rings (SSSR count). The molecule has 104 valence electrons. The maximum absolute atomic E-state index is 9.29. The van der Waals surface area contributed by atoms with Crippen LogP contribution in [0.4, 0.5) is 0 Å². The second-order valence-electron chi connectivity index (χ2n) is 4.23. The number of hydrogen-bond donors (Lipinski definition) is 2. The van der Waals surface area contributed by atoms with Crippen LogP contribution in [0.2, 0.25) is 0 Å². The fourth-order valence-electron chi connectivity index (χ4n) is 1.81. The highest BCUT2D eigenvalue weighted by molar-refractivity contribution is 4.75. The van der Waals surface area contributed by atoms with Gasteiger partial charge < -0.3 is 19.9 Å². The van der Waals surface area contributed by atoms with Crippen molar-refractivity contribution in [1.82, 2.24) is 10.2 Å². The Kier molecular flexibility index (Phi) is 10.8. The number of hydrogen-bond acceptors (Lipinski definition) is 5. The molecule has 0 spiro atoms. The van der Waals surface area contributed by atoms with Crippen LogP contribution < -0.4 is 5.32 Å². The van der Waals surface area contributed by atoms with Crippen molar-refractivity contribution in [3.05, 3.63) is 0 Å². The Morgan fingerprint density at radius 2 is 2.00 bits per heavy atom. The molecule has 0 aliphatic carbocycles. The summed E-state index contributed by atoms with van der Waals surface area (Å²) < 4.78 is 10.3. The van der Waals surface area contributed by atoms with E-state index in [1.807, 2.05) is 6.92 Å².